The summed E-state index contributed by atoms with van der Waals surface area (Å²) < 4.78 is 1.40. The minimum atomic E-state index is -0.902. The van der Waals surface area contributed by atoms with Crippen molar-refractivity contribution in [3.63, 3.8) is 0 Å². The summed E-state index contributed by atoms with van der Waals surface area (Å²) in [5.41, 5.74) is 1.24. The Morgan fingerprint density at radius 2 is 2.14 bits per heavy atom. The highest BCUT2D eigenvalue weighted by atomic mass is 16.6. The van der Waals surface area contributed by atoms with Crippen LogP contribution in [0, 0.1) is 10.1 Å². The van der Waals surface area contributed by atoms with Gasteiger partial charge in [-0.25, -0.2) is 14.3 Å². The number of carbonyl (C=O) groups is 1. The van der Waals surface area contributed by atoms with E-state index in [1.807, 2.05) is 0 Å². The van der Waals surface area contributed by atoms with Crippen LogP contribution in [0.4, 0.5) is 10.5 Å². The molecule has 0 unspecified atom stereocenters. The van der Waals surface area contributed by atoms with Crippen LogP contribution in [0.5, 0.6) is 0 Å². The van der Waals surface area contributed by atoms with Crippen LogP contribution in [0.25, 0.3) is 5.65 Å². The van der Waals surface area contributed by atoms with Crippen LogP contribution >= 0.6 is 0 Å². The summed E-state index contributed by atoms with van der Waals surface area (Å²) in [7, 11) is 0. The van der Waals surface area contributed by atoms with Crippen molar-refractivity contribution in [3.8, 4) is 0 Å². The molecule has 110 valence electrons. The largest absolute Gasteiger partial charge is 0.465 e. The third-order valence-corrected chi connectivity index (χ3v) is 3.71. The van der Waals surface area contributed by atoms with Crippen LogP contribution in [-0.2, 0) is 0 Å². The van der Waals surface area contributed by atoms with E-state index >= 15 is 0 Å². The molecule has 0 radical (unpaired) electrons. The standard InChI is InChI=1S/C12H13N5O4/c18-12(19)15-3-1-8(2-4-15)10-5-11-13-6-9(17(20)21)7-16(11)14-10/h5-8H,1-4H2,(H,18,19). The summed E-state index contributed by atoms with van der Waals surface area (Å²) in [6, 6.07) is 1.80. The first kappa shape index (κ1) is 13.3. The number of nitrogens with zero attached hydrogens (tertiary/aromatic N) is 5. The van der Waals surface area contributed by atoms with Crippen LogP contribution in [0.2, 0.25) is 0 Å². The molecule has 1 aliphatic rings. The number of piperidine rings is 1. The van der Waals surface area contributed by atoms with Crippen molar-refractivity contribution in [3.05, 3.63) is 34.3 Å². The molecule has 1 saturated heterocycles. The summed E-state index contributed by atoms with van der Waals surface area (Å²) >= 11 is 0. The van der Waals surface area contributed by atoms with E-state index in [0.29, 0.717) is 31.6 Å². The minimum Gasteiger partial charge on any atom is -0.465 e. The van der Waals surface area contributed by atoms with Crippen molar-refractivity contribution >= 4 is 17.4 Å². The maximum absolute atomic E-state index is 10.9. The zero-order valence-electron chi connectivity index (χ0n) is 11.0. The number of aromatic nitrogens is 3. The fraction of sp³-hybridized carbons (Fsp3) is 0.417. The summed E-state index contributed by atoms with van der Waals surface area (Å²) in [5.74, 6) is 0.154. The average Bonchev–Trinajstić information content (AvgIpc) is 2.90. The van der Waals surface area contributed by atoms with Gasteiger partial charge in [-0.3, -0.25) is 10.1 Å². The zero-order chi connectivity index (χ0) is 15.0. The van der Waals surface area contributed by atoms with Gasteiger partial charge in [-0.2, -0.15) is 5.10 Å². The van der Waals surface area contributed by atoms with Gasteiger partial charge in [0, 0.05) is 25.1 Å². The first-order valence-electron chi connectivity index (χ1n) is 6.52. The fourth-order valence-electron chi connectivity index (χ4n) is 2.55. The van der Waals surface area contributed by atoms with Crippen molar-refractivity contribution in [2.45, 2.75) is 18.8 Å². The molecule has 1 amide bonds. The van der Waals surface area contributed by atoms with Gasteiger partial charge >= 0.3 is 11.8 Å². The average molecular weight is 291 g/mol. The normalized spacial score (nSPS) is 16.3. The van der Waals surface area contributed by atoms with E-state index in [4.69, 9.17) is 5.11 Å². The second-order valence-electron chi connectivity index (χ2n) is 4.99. The smallest absolute Gasteiger partial charge is 0.407 e. The summed E-state index contributed by atoms with van der Waals surface area (Å²) in [6.07, 6.45) is 3.02. The van der Waals surface area contributed by atoms with Gasteiger partial charge in [-0.05, 0) is 12.8 Å². The Labute approximate surface area is 119 Å². The van der Waals surface area contributed by atoms with Crippen LogP contribution in [0.15, 0.2) is 18.5 Å². The molecule has 0 saturated carbocycles. The van der Waals surface area contributed by atoms with Gasteiger partial charge in [0.1, 0.15) is 12.4 Å². The highest BCUT2D eigenvalue weighted by molar-refractivity contribution is 5.65. The number of carboxylic acid groups (broad SMARTS) is 1. The molecule has 1 aliphatic heterocycles. The molecule has 0 atom stereocenters. The van der Waals surface area contributed by atoms with Crippen LogP contribution < -0.4 is 0 Å². The molecule has 0 aromatic carbocycles. The van der Waals surface area contributed by atoms with Crippen molar-refractivity contribution in [1.29, 1.82) is 0 Å². The number of amides is 1. The molecule has 21 heavy (non-hydrogen) atoms. The Hall–Kier alpha value is -2.71. The van der Waals surface area contributed by atoms with Gasteiger partial charge in [-0.15, -0.1) is 0 Å². The predicted molar refractivity (Wildman–Crippen MR) is 71.2 cm³/mol. The lowest BCUT2D eigenvalue weighted by Crippen LogP contribution is -2.36. The van der Waals surface area contributed by atoms with Crippen molar-refractivity contribution < 1.29 is 14.8 Å². The molecule has 9 heteroatoms. The molecular weight excluding hydrogens is 278 g/mol. The highest BCUT2D eigenvalue weighted by Gasteiger charge is 2.25. The molecule has 1 N–H and O–H groups in total. The molecule has 3 rings (SSSR count). The van der Waals surface area contributed by atoms with E-state index in [9.17, 15) is 14.9 Å². The van der Waals surface area contributed by atoms with E-state index in [1.165, 1.54) is 21.8 Å². The Kier molecular flexibility index (Phi) is 3.16. The maximum Gasteiger partial charge on any atom is 0.407 e. The molecule has 0 bridgehead atoms. The fourth-order valence-corrected chi connectivity index (χ4v) is 2.55. The quantitative estimate of drug-likeness (QED) is 0.662. The van der Waals surface area contributed by atoms with Gasteiger partial charge in [-0.1, -0.05) is 0 Å². The van der Waals surface area contributed by atoms with Gasteiger partial charge in [0.2, 0.25) is 0 Å². The summed E-state index contributed by atoms with van der Waals surface area (Å²) in [5, 5.41) is 24.0. The number of fused-ring (bicyclic) bond motifs is 1. The third-order valence-electron chi connectivity index (χ3n) is 3.71. The van der Waals surface area contributed by atoms with Gasteiger partial charge in [0.25, 0.3) is 0 Å². The SMILES string of the molecule is O=C(O)N1CCC(c2cc3ncc([N+](=O)[O-])cn3n2)CC1. The van der Waals surface area contributed by atoms with E-state index in [0.717, 1.165) is 5.69 Å². The minimum absolute atomic E-state index is 0.113. The van der Waals surface area contributed by atoms with Crippen molar-refractivity contribution in [2.75, 3.05) is 13.1 Å². The van der Waals surface area contributed by atoms with E-state index in [1.54, 1.807) is 6.07 Å². The maximum atomic E-state index is 10.9. The molecular formula is C12H13N5O4. The van der Waals surface area contributed by atoms with Gasteiger partial charge < -0.3 is 10.0 Å². The third kappa shape index (κ3) is 2.49. The first-order valence-corrected chi connectivity index (χ1v) is 6.52. The Bertz CT molecular complexity index is 705. The number of likely N-dealkylation sites (tertiary alicyclic amines) is 1. The summed E-state index contributed by atoms with van der Waals surface area (Å²) in [4.78, 5) is 26.5. The first-order chi connectivity index (χ1) is 10.0. The van der Waals surface area contributed by atoms with Gasteiger partial charge in [0.15, 0.2) is 5.65 Å². The molecule has 0 spiro atoms. The highest BCUT2D eigenvalue weighted by Crippen LogP contribution is 2.27. The Morgan fingerprint density at radius 3 is 2.76 bits per heavy atom. The molecule has 9 nitrogen and oxygen atoms in total. The monoisotopic (exact) mass is 291 g/mol. The lowest BCUT2D eigenvalue weighted by Gasteiger charge is -2.28. The molecule has 0 aliphatic carbocycles. The second kappa shape index (κ2) is 5.00. The van der Waals surface area contributed by atoms with Crippen LogP contribution in [0.1, 0.15) is 24.5 Å². The molecule has 2 aromatic rings. The lowest BCUT2D eigenvalue weighted by atomic mass is 9.94. The number of nitro groups is 1. The number of hydrogen-bond acceptors (Lipinski definition) is 5. The second-order valence-corrected chi connectivity index (χ2v) is 4.99. The molecule has 3 heterocycles. The topological polar surface area (TPSA) is 114 Å². The molecule has 1 fully saturated rings. The van der Waals surface area contributed by atoms with Crippen LogP contribution in [0.3, 0.4) is 0 Å². The van der Waals surface area contributed by atoms with Crippen molar-refractivity contribution in [1.82, 2.24) is 19.5 Å². The van der Waals surface area contributed by atoms with E-state index < -0.39 is 11.0 Å². The number of rotatable bonds is 2. The lowest BCUT2D eigenvalue weighted by molar-refractivity contribution is -0.385. The summed E-state index contributed by atoms with van der Waals surface area (Å²) in [6.45, 7) is 0.947. The Morgan fingerprint density at radius 1 is 1.43 bits per heavy atom. The predicted octanol–water partition coefficient (Wildman–Crippen LogP) is 1.49. The number of hydrogen-bond donors (Lipinski definition) is 1. The van der Waals surface area contributed by atoms with Crippen LogP contribution in [-0.4, -0.2) is 48.7 Å². The molecule has 2 aromatic heterocycles. The van der Waals surface area contributed by atoms with E-state index in [-0.39, 0.29) is 11.6 Å². The Balaban J connectivity index is 1.82. The zero-order valence-corrected chi connectivity index (χ0v) is 11.0. The van der Waals surface area contributed by atoms with Crippen molar-refractivity contribution in [2.24, 2.45) is 0 Å². The van der Waals surface area contributed by atoms with Gasteiger partial charge in [0.05, 0.1) is 10.6 Å². The van der Waals surface area contributed by atoms with E-state index in [2.05, 4.69) is 10.1 Å².